The Balaban J connectivity index is 1.23. The van der Waals surface area contributed by atoms with Crippen molar-refractivity contribution in [2.24, 2.45) is 0 Å². The molecule has 0 radical (unpaired) electrons. The molecule has 6 rings (SSSR count). The summed E-state index contributed by atoms with van der Waals surface area (Å²) in [4.78, 5) is 20.1. The third kappa shape index (κ3) is 9.76. The number of carboxylic acid groups (broad SMARTS) is 1. The lowest BCUT2D eigenvalue weighted by atomic mass is 9.92. The third-order valence-electron chi connectivity index (χ3n) is 10.1. The molecule has 3 aromatic carbocycles. The average Bonchev–Trinajstić information content (AvgIpc) is 3.56. The number of pyridine rings is 1. The van der Waals surface area contributed by atoms with Gasteiger partial charge >= 0.3 is 5.97 Å². The number of halogens is 1. The summed E-state index contributed by atoms with van der Waals surface area (Å²) in [6.45, 7) is 16.4. The van der Waals surface area contributed by atoms with Crippen molar-refractivity contribution >= 4 is 17.4 Å². The highest BCUT2D eigenvalue weighted by Crippen LogP contribution is 2.40. The van der Waals surface area contributed by atoms with Gasteiger partial charge < -0.3 is 34.1 Å². The summed E-state index contributed by atoms with van der Waals surface area (Å²) in [5.74, 6) is -1.03. The van der Waals surface area contributed by atoms with Gasteiger partial charge in [0.2, 0.25) is 0 Å². The summed E-state index contributed by atoms with van der Waals surface area (Å²) in [6, 6.07) is 22.1. The lowest BCUT2D eigenvalue weighted by Gasteiger charge is -2.41. The molecule has 298 valence electrons. The SMILES string of the molecule is Cc1cc(O)c(-c2cccc(-c3cn4c(N5CCC(C)(OCCOC[C@@H](C)OCc6ccccc6)CC5)c([C@H](OC(C)(C)C)C(=O)O)c(C)cc4n3)c2)c(F)c1. The molecule has 0 bridgehead atoms. The highest BCUT2D eigenvalue weighted by molar-refractivity contribution is 5.80. The van der Waals surface area contributed by atoms with Gasteiger partial charge in [-0.05, 0) is 108 Å². The number of nitrogens with zero attached hydrogens (tertiary/aromatic N) is 3. The van der Waals surface area contributed by atoms with E-state index in [0.29, 0.717) is 86.2 Å². The Morgan fingerprint density at radius 1 is 0.982 bits per heavy atom. The van der Waals surface area contributed by atoms with Gasteiger partial charge in [-0.15, -0.1) is 0 Å². The van der Waals surface area contributed by atoms with E-state index in [1.54, 1.807) is 31.2 Å². The van der Waals surface area contributed by atoms with Crippen LogP contribution < -0.4 is 4.90 Å². The number of benzene rings is 3. The first-order chi connectivity index (χ1) is 26.6. The van der Waals surface area contributed by atoms with Crippen LogP contribution in [0.5, 0.6) is 5.75 Å². The highest BCUT2D eigenvalue weighted by Gasteiger charge is 2.37. The van der Waals surface area contributed by atoms with Crippen molar-refractivity contribution < 1.29 is 38.3 Å². The zero-order valence-corrected chi connectivity index (χ0v) is 33.5. The molecule has 1 aliphatic heterocycles. The molecule has 1 saturated heterocycles. The van der Waals surface area contributed by atoms with E-state index in [2.05, 4.69) is 11.8 Å². The fourth-order valence-corrected chi connectivity index (χ4v) is 7.25. The number of carboxylic acids is 1. The van der Waals surface area contributed by atoms with Gasteiger partial charge in [0.25, 0.3) is 0 Å². The number of phenolic OH excluding ortho intramolecular Hbond substituents is 1. The highest BCUT2D eigenvalue weighted by atomic mass is 19.1. The number of carbonyl (C=O) groups is 1. The number of hydrogen-bond donors (Lipinski definition) is 2. The molecule has 3 heterocycles. The van der Waals surface area contributed by atoms with Gasteiger partial charge in [0.05, 0.1) is 55.0 Å². The summed E-state index contributed by atoms with van der Waals surface area (Å²) in [5, 5.41) is 21.2. The van der Waals surface area contributed by atoms with Gasteiger partial charge in [0.15, 0.2) is 6.10 Å². The molecular formula is C45H54FN3O7. The standard InChI is InChI=1S/C45H54FN3O7/c1-29-22-35(46)40(37(50)23-29)34-15-11-14-33(25-34)36-26-49-38(47-36)24-30(2)39(41(43(51)52)56-44(4,5)6)42(49)48-18-16-45(7,17-19-48)55-21-20-53-27-31(3)54-28-32-12-9-8-10-13-32/h8-15,22-26,31,41,50H,16-21,27-28H2,1-7H3,(H,51,52)/t31-,41+/m1/s1. The van der Waals surface area contributed by atoms with E-state index < -0.39 is 29.1 Å². The number of imidazole rings is 1. The van der Waals surface area contributed by atoms with Gasteiger partial charge in [0.1, 0.15) is 23.0 Å². The molecule has 0 saturated carbocycles. The molecule has 2 N–H and O–H groups in total. The molecular weight excluding hydrogens is 714 g/mol. The van der Waals surface area contributed by atoms with Crippen molar-refractivity contribution in [3.05, 3.63) is 107 Å². The Hall–Kier alpha value is -4.81. The number of aromatic hydroxyl groups is 1. The van der Waals surface area contributed by atoms with E-state index in [1.165, 1.54) is 6.07 Å². The smallest absolute Gasteiger partial charge is 0.337 e. The molecule has 0 aliphatic carbocycles. The fourth-order valence-electron chi connectivity index (χ4n) is 7.25. The molecule has 10 nitrogen and oxygen atoms in total. The van der Waals surface area contributed by atoms with Crippen molar-refractivity contribution in [1.29, 1.82) is 0 Å². The average molecular weight is 768 g/mol. The number of aliphatic carboxylic acids is 1. The van der Waals surface area contributed by atoms with Crippen LogP contribution in [0.4, 0.5) is 10.2 Å². The van der Waals surface area contributed by atoms with Gasteiger partial charge in [-0.25, -0.2) is 14.2 Å². The zero-order valence-electron chi connectivity index (χ0n) is 33.5. The van der Waals surface area contributed by atoms with Crippen LogP contribution >= 0.6 is 0 Å². The van der Waals surface area contributed by atoms with E-state index >= 15 is 4.39 Å². The molecule has 1 aliphatic rings. The summed E-state index contributed by atoms with van der Waals surface area (Å²) >= 11 is 0. The van der Waals surface area contributed by atoms with Crippen molar-refractivity contribution in [2.45, 2.75) is 91.3 Å². The Morgan fingerprint density at radius 3 is 2.38 bits per heavy atom. The summed E-state index contributed by atoms with van der Waals surface area (Å²) in [6.07, 6.45) is 2.00. The number of piperidine rings is 1. The number of ether oxygens (including phenoxy) is 4. The molecule has 11 heteroatoms. The van der Waals surface area contributed by atoms with Crippen molar-refractivity contribution in [1.82, 2.24) is 9.38 Å². The maximum atomic E-state index is 15.1. The molecule has 0 amide bonds. The summed E-state index contributed by atoms with van der Waals surface area (Å²) in [5.41, 5.74) is 4.52. The van der Waals surface area contributed by atoms with Gasteiger partial charge in [0, 0.05) is 30.4 Å². The number of aryl methyl sites for hydroxylation is 2. The number of hydrogen-bond acceptors (Lipinski definition) is 8. The normalized spacial score (nSPS) is 15.6. The van der Waals surface area contributed by atoms with E-state index in [9.17, 15) is 15.0 Å². The second-order valence-corrected chi connectivity index (χ2v) is 16.1. The minimum Gasteiger partial charge on any atom is -0.507 e. The summed E-state index contributed by atoms with van der Waals surface area (Å²) in [7, 11) is 0. The Bertz CT molecular complexity index is 2110. The number of rotatable bonds is 15. The van der Waals surface area contributed by atoms with E-state index in [0.717, 1.165) is 16.7 Å². The third-order valence-corrected chi connectivity index (χ3v) is 10.1. The number of phenols is 1. The Kier molecular flexibility index (Phi) is 12.5. The number of aromatic nitrogens is 2. The maximum Gasteiger partial charge on any atom is 0.337 e. The lowest BCUT2D eigenvalue weighted by molar-refractivity contribution is -0.160. The largest absolute Gasteiger partial charge is 0.507 e. The minimum atomic E-state index is -1.24. The number of anilines is 1. The maximum absolute atomic E-state index is 15.1. The first-order valence-corrected chi connectivity index (χ1v) is 19.3. The van der Waals surface area contributed by atoms with Crippen molar-refractivity contribution in [3.63, 3.8) is 0 Å². The van der Waals surface area contributed by atoms with Crippen LogP contribution in [0.3, 0.4) is 0 Å². The fraction of sp³-hybridized carbons (Fsp3) is 0.422. The lowest BCUT2D eigenvalue weighted by Crippen LogP contribution is -2.46. The van der Waals surface area contributed by atoms with E-state index in [-0.39, 0.29) is 17.4 Å². The Morgan fingerprint density at radius 2 is 1.70 bits per heavy atom. The number of fused-ring (bicyclic) bond motifs is 1. The van der Waals surface area contributed by atoms with Gasteiger partial charge in [-0.3, -0.25) is 4.40 Å². The second-order valence-electron chi connectivity index (χ2n) is 16.1. The van der Waals surface area contributed by atoms with Crippen LogP contribution in [-0.4, -0.2) is 75.8 Å². The van der Waals surface area contributed by atoms with E-state index in [1.807, 2.05) is 87.7 Å². The van der Waals surface area contributed by atoms with Crippen LogP contribution in [0.2, 0.25) is 0 Å². The predicted molar refractivity (Wildman–Crippen MR) is 216 cm³/mol. The molecule has 2 aromatic heterocycles. The van der Waals surface area contributed by atoms with Gasteiger partial charge in [-0.2, -0.15) is 0 Å². The van der Waals surface area contributed by atoms with Gasteiger partial charge in [-0.1, -0.05) is 48.5 Å². The van der Waals surface area contributed by atoms with Crippen LogP contribution in [0.25, 0.3) is 28.0 Å². The molecule has 5 aromatic rings. The molecule has 0 unspecified atom stereocenters. The first kappa shape index (κ1) is 40.8. The zero-order chi connectivity index (χ0) is 40.2. The monoisotopic (exact) mass is 767 g/mol. The second kappa shape index (κ2) is 17.1. The molecule has 0 spiro atoms. The first-order valence-electron chi connectivity index (χ1n) is 19.3. The van der Waals surface area contributed by atoms with Crippen molar-refractivity contribution in [2.75, 3.05) is 37.8 Å². The Labute approximate surface area is 328 Å². The van der Waals surface area contributed by atoms with Crippen LogP contribution in [0.1, 0.15) is 75.8 Å². The quantitative estimate of drug-likeness (QED) is 0.101. The molecule has 1 fully saturated rings. The predicted octanol–water partition coefficient (Wildman–Crippen LogP) is 9.07. The van der Waals surface area contributed by atoms with Crippen LogP contribution in [0.15, 0.2) is 79.0 Å². The van der Waals surface area contributed by atoms with Crippen molar-refractivity contribution in [3.8, 4) is 28.1 Å². The topological polar surface area (TPSA) is 115 Å². The van der Waals surface area contributed by atoms with Crippen LogP contribution in [-0.2, 0) is 30.3 Å². The molecule has 2 atom stereocenters. The molecule has 56 heavy (non-hydrogen) atoms. The summed E-state index contributed by atoms with van der Waals surface area (Å²) < 4.78 is 41.5. The van der Waals surface area contributed by atoms with E-state index in [4.69, 9.17) is 23.9 Å². The van der Waals surface area contributed by atoms with Crippen LogP contribution in [0, 0.1) is 19.7 Å². The minimum absolute atomic E-state index is 0.0523.